The fourth-order valence-electron chi connectivity index (χ4n) is 2.46. The number of aryl methyl sites for hydroxylation is 1. The van der Waals surface area contributed by atoms with E-state index in [0.717, 1.165) is 18.2 Å². The average Bonchev–Trinajstić information content (AvgIpc) is 3.02. The summed E-state index contributed by atoms with van der Waals surface area (Å²) in [5, 5.41) is 3.50. The summed E-state index contributed by atoms with van der Waals surface area (Å²) in [6, 6.07) is 2.89. The molecule has 3 rings (SSSR count). The van der Waals surface area contributed by atoms with Crippen LogP contribution in [0.25, 0.3) is 0 Å². The third-order valence-corrected chi connectivity index (χ3v) is 5.31. The van der Waals surface area contributed by atoms with Crippen LogP contribution in [-0.4, -0.2) is 35.3 Å². The summed E-state index contributed by atoms with van der Waals surface area (Å²) in [5.74, 6) is -4.02. The lowest BCUT2D eigenvalue weighted by atomic mass is 10.2. The van der Waals surface area contributed by atoms with Crippen molar-refractivity contribution in [3.05, 3.63) is 41.8 Å². The van der Waals surface area contributed by atoms with Gasteiger partial charge in [0.1, 0.15) is 11.9 Å². The van der Waals surface area contributed by atoms with Gasteiger partial charge in [0.05, 0.1) is 11.4 Å². The molecule has 1 fully saturated rings. The lowest BCUT2D eigenvalue weighted by Gasteiger charge is -2.20. The molecular formula is C13H12F3N3O3S. The first-order valence-electron chi connectivity index (χ1n) is 6.64. The topological polar surface area (TPSA) is 76.3 Å². The Morgan fingerprint density at radius 2 is 2.13 bits per heavy atom. The second kappa shape index (κ2) is 5.31. The number of hydrogen-bond acceptors (Lipinski definition) is 5. The molecule has 0 N–H and O–H groups in total. The molecular weight excluding hydrogens is 335 g/mol. The van der Waals surface area contributed by atoms with Gasteiger partial charge in [-0.05, 0) is 25.1 Å². The van der Waals surface area contributed by atoms with Crippen molar-refractivity contribution in [3.8, 4) is 0 Å². The Labute approximate surface area is 130 Å². The lowest BCUT2D eigenvalue weighted by molar-refractivity contribution is 0.0166. The molecule has 1 saturated heterocycles. The SMILES string of the molecule is Cc1noc([C@@H]2CC(F)(F)CN2S(=O)(=O)c2cccc(F)c2)n1. The van der Waals surface area contributed by atoms with Crippen molar-refractivity contribution in [3.63, 3.8) is 0 Å². The third kappa shape index (κ3) is 2.95. The van der Waals surface area contributed by atoms with Gasteiger partial charge in [0.15, 0.2) is 5.82 Å². The number of hydrogen-bond donors (Lipinski definition) is 0. The van der Waals surface area contributed by atoms with Crippen LogP contribution in [0.1, 0.15) is 24.2 Å². The minimum absolute atomic E-state index is 0.207. The van der Waals surface area contributed by atoms with E-state index < -0.39 is 45.7 Å². The van der Waals surface area contributed by atoms with Crippen LogP contribution in [0.4, 0.5) is 13.2 Å². The standard InChI is InChI=1S/C13H12F3N3O3S/c1-8-17-12(22-18-8)11-6-13(15,16)7-19(11)23(20,21)10-4-2-3-9(14)5-10/h2-5,11H,6-7H2,1H3/t11-/m0/s1. The van der Waals surface area contributed by atoms with Crippen LogP contribution in [0.3, 0.4) is 0 Å². The summed E-state index contributed by atoms with van der Waals surface area (Å²) < 4.78 is 71.5. The summed E-state index contributed by atoms with van der Waals surface area (Å²) in [7, 11) is -4.33. The van der Waals surface area contributed by atoms with Crippen molar-refractivity contribution in [1.82, 2.24) is 14.4 Å². The molecule has 0 spiro atoms. The smallest absolute Gasteiger partial charge is 0.263 e. The van der Waals surface area contributed by atoms with Crippen molar-refractivity contribution >= 4 is 10.0 Å². The predicted octanol–water partition coefficient (Wildman–Crippen LogP) is 2.29. The summed E-state index contributed by atoms with van der Waals surface area (Å²) in [6.45, 7) is 0.462. The van der Waals surface area contributed by atoms with Crippen LogP contribution in [0.5, 0.6) is 0 Å². The van der Waals surface area contributed by atoms with Gasteiger partial charge < -0.3 is 4.52 Å². The van der Waals surface area contributed by atoms with Gasteiger partial charge in [-0.15, -0.1) is 0 Å². The number of halogens is 3. The van der Waals surface area contributed by atoms with Gasteiger partial charge in [-0.2, -0.15) is 9.29 Å². The van der Waals surface area contributed by atoms with Crippen molar-refractivity contribution < 1.29 is 26.1 Å². The van der Waals surface area contributed by atoms with Crippen LogP contribution in [0, 0.1) is 12.7 Å². The minimum atomic E-state index is -4.33. The summed E-state index contributed by atoms with van der Waals surface area (Å²) >= 11 is 0. The number of benzene rings is 1. The van der Waals surface area contributed by atoms with E-state index in [-0.39, 0.29) is 11.7 Å². The van der Waals surface area contributed by atoms with Crippen LogP contribution in [0.15, 0.2) is 33.7 Å². The van der Waals surface area contributed by atoms with Crippen LogP contribution in [0.2, 0.25) is 0 Å². The molecule has 1 aromatic heterocycles. The van der Waals surface area contributed by atoms with E-state index in [4.69, 9.17) is 4.52 Å². The first kappa shape index (κ1) is 15.9. The van der Waals surface area contributed by atoms with Crippen molar-refractivity contribution in [2.24, 2.45) is 0 Å². The Bertz CT molecular complexity index is 838. The molecule has 6 nitrogen and oxygen atoms in total. The first-order valence-corrected chi connectivity index (χ1v) is 8.08. The summed E-state index contributed by atoms with van der Waals surface area (Å²) in [5.41, 5.74) is 0. The number of nitrogens with zero attached hydrogens (tertiary/aromatic N) is 3. The largest absolute Gasteiger partial charge is 0.338 e. The zero-order valence-electron chi connectivity index (χ0n) is 11.9. The second-order valence-corrected chi connectivity index (χ2v) is 7.15. The van der Waals surface area contributed by atoms with E-state index in [2.05, 4.69) is 10.1 Å². The van der Waals surface area contributed by atoms with Gasteiger partial charge in [0, 0.05) is 6.42 Å². The molecule has 1 aromatic carbocycles. The van der Waals surface area contributed by atoms with Crippen molar-refractivity contribution in [2.45, 2.75) is 30.2 Å². The molecule has 1 aliphatic rings. The van der Waals surface area contributed by atoms with Gasteiger partial charge >= 0.3 is 0 Å². The molecule has 0 aliphatic carbocycles. The van der Waals surface area contributed by atoms with Crippen LogP contribution < -0.4 is 0 Å². The van der Waals surface area contributed by atoms with Gasteiger partial charge in [-0.25, -0.2) is 21.6 Å². The molecule has 1 aliphatic heterocycles. The monoisotopic (exact) mass is 347 g/mol. The fraction of sp³-hybridized carbons (Fsp3) is 0.385. The predicted molar refractivity (Wildman–Crippen MR) is 71.6 cm³/mol. The maximum Gasteiger partial charge on any atom is 0.263 e. The molecule has 23 heavy (non-hydrogen) atoms. The highest BCUT2D eigenvalue weighted by molar-refractivity contribution is 7.89. The normalized spacial score (nSPS) is 21.7. The maximum atomic E-state index is 13.8. The van der Waals surface area contributed by atoms with E-state index >= 15 is 0 Å². The van der Waals surface area contributed by atoms with Gasteiger partial charge in [0.25, 0.3) is 5.92 Å². The van der Waals surface area contributed by atoms with Crippen LogP contribution in [-0.2, 0) is 10.0 Å². The van der Waals surface area contributed by atoms with Crippen molar-refractivity contribution in [2.75, 3.05) is 6.54 Å². The highest BCUT2D eigenvalue weighted by atomic mass is 32.2. The quantitative estimate of drug-likeness (QED) is 0.851. The van der Waals surface area contributed by atoms with E-state index in [1.165, 1.54) is 13.0 Å². The highest BCUT2D eigenvalue weighted by Gasteiger charge is 2.52. The maximum absolute atomic E-state index is 13.8. The fourth-order valence-corrected chi connectivity index (χ4v) is 4.10. The number of aromatic nitrogens is 2. The van der Waals surface area contributed by atoms with Crippen LogP contribution >= 0.6 is 0 Å². The molecule has 0 unspecified atom stereocenters. The molecule has 2 heterocycles. The van der Waals surface area contributed by atoms with Crippen molar-refractivity contribution in [1.29, 1.82) is 0 Å². The first-order chi connectivity index (χ1) is 10.7. The minimum Gasteiger partial charge on any atom is -0.338 e. The van der Waals surface area contributed by atoms with E-state index in [9.17, 15) is 21.6 Å². The Kier molecular flexibility index (Phi) is 3.68. The second-order valence-electron chi connectivity index (χ2n) is 5.26. The van der Waals surface area contributed by atoms with E-state index in [1.54, 1.807) is 0 Å². The molecule has 0 radical (unpaired) electrons. The average molecular weight is 347 g/mol. The number of rotatable bonds is 3. The lowest BCUT2D eigenvalue weighted by Crippen LogP contribution is -2.33. The summed E-state index contributed by atoms with van der Waals surface area (Å²) in [6.07, 6.45) is -0.775. The Balaban J connectivity index is 2.04. The van der Waals surface area contributed by atoms with Gasteiger partial charge in [-0.3, -0.25) is 0 Å². The molecule has 0 bridgehead atoms. The zero-order chi connectivity index (χ0) is 16.8. The molecule has 0 saturated carbocycles. The van der Waals surface area contributed by atoms with E-state index in [1.807, 2.05) is 0 Å². The molecule has 2 aromatic rings. The third-order valence-electron chi connectivity index (χ3n) is 3.46. The number of sulfonamides is 1. The zero-order valence-corrected chi connectivity index (χ0v) is 12.7. The highest BCUT2D eigenvalue weighted by Crippen LogP contribution is 2.43. The Morgan fingerprint density at radius 3 is 2.74 bits per heavy atom. The molecule has 1 atom stereocenters. The van der Waals surface area contributed by atoms with E-state index in [0.29, 0.717) is 4.31 Å². The Hall–Kier alpha value is -1.94. The van der Waals surface area contributed by atoms with Gasteiger partial charge in [0.2, 0.25) is 15.9 Å². The Morgan fingerprint density at radius 1 is 1.39 bits per heavy atom. The van der Waals surface area contributed by atoms with Gasteiger partial charge in [-0.1, -0.05) is 11.2 Å². The summed E-state index contributed by atoms with van der Waals surface area (Å²) in [4.78, 5) is 3.44. The molecule has 124 valence electrons. The number of alkyl halides is 2. The molecule has 0 amide bonds. The molecule has 10 heteroatoms.